The lowest BCUT2D eigenvalue weighted by Crippen LogP contribution is -2.22. The van der Waals surface area contributed by atoms with Crippen molar-refractivity contribution in [3.8, 4) is 5.75 Å². The summed E-state index contributed by atoms with van der Waals surface area (Å²) in [5.74, 6) is -2.01. The van der Waals surface area contributed by atoms with E-state index >= 15 is 0 Å². The lowest BCUT2D eigenvalue weighted by atomic mass is 10.1. The predicted molar refractivity (Wildman–Crippen MR) is 95.3 cm³/mol. The topological polar surface area (TPSA) is 76.0 Å². The van der Waals surface area contributed by atoms with Gasteiger partial charge in [-0.15, -0.1) is 6.58 Å². The van der Waals surface area contributed by atoms with E-state index in [2.05, 4.69) is 11.6 Å². The minimum atomic E-state index is -1.01. The third-order valence-corrected chi connectivity index (χ3v) is 3.56. The highest BCUT2D eigenvalue weighted by Gasteiger charge is 2.25. The van der Waals surface area contributed by atoms with Gasteiger partial charge in [0.1, 0.15) is 5.75 Å². The van der Waals surface area contributed by atoms with E-state index in [1.807, 2.05) is 6.07 Å². The molecule has 0 aliphatic rings. The molecule has 0 saturated heterocycles. The molecule has 0 fully saturated rings. The Balaban J connectivity index is 2.28. The van der Waals surface area contributed by atoms with E-state index in [-0.39, 0.29) is 5.75 Å². The van der Waals surface area contributed by atoms with Crippen molar-refractivity contribution in [1.29, 1.82) is 0 Å². The van der Waals surface area contributed by atoms with E-state index < -0.39 is 23.9 Å². The molecule has 0 spiro atoms. The largest absolute Gasteiger partial charge is 0.507 e. The van der Waals surface area contributed by atoms with E-state index in [0.717, 1.165) is 0 Å². The molecule has 128 valence electrons. The van der Waals surface area contributed by atoms with Crippen LogP contribution in [0.3, 0.4) is 0 Å². The predicted octanol–water partition coefficient (Wildman–Crippen LogP) is 3.44. The molecule has 2 rings (SSSR count). The van der Waals surface area contributed by atoms with Crippen LogP contribution < -0.4 is 0 Å². The van der Waals surface area contributed by atoms with Gasteiger partial charge in [-0.2, -0.15) is 0 Å². The number of ether oxygens (including phenoxy) is 1. The number of aliphatic imine (C=N–C) groups is 1. The number of esters is 2. The molecule has 2 unspecified atom stereocenters. The maximum atomic E-state index is 12.4. The molecule has 5 heteroatoms. The molecule has 0 aliphatic carbocycles. The van der Waals surface area contributed by atoms with E-state index in [1.165, 1.54) is 18.4 Å². The summed E-state index contributed by atoms with van der Waals surface area (Å²) in [4.78, 5) is 28.5. The van der Waals surface area contributed by atoms with Crippen LogP contribution in [-0.2, 0) is 14.3 Å². The Morgan fingerprint density at radius 3 is 2.36 bits per heavy atom. The van der Waals surface area contributed by atoms with Crippen LogP contribution in [0.4, 0.5) is 0 Å². The third kappa shape index (κ3) is 4.88. The molecule has 2 aromatic rings. The first-order valence-corrected chi connectivity index (χ1v) is 7.77. The molecule has 2 aromatic carbocycles. The molecule has 0 saturated carbocycles. The van der Waals surface area contributed by atoms with Crippen LogP contribution in [0, 0.1) is 5.92 Å². The number of aromatic hydroxyl groups is 1. The molecule has 0 bridgehead atoms. The quantitative estimate of drug-likeness (QED) is 0.379. The number of nitrogens with zero attached hydrogens (tertiary/aromatic N) is 1. The first-order valence-electron chi connectivity index (χ1n) is 7.77. The van der Waals surface area contributed by atoms with E-state index in [9.17, 15) is 14.7 Å². The second-order valence-corrected chi connectivity index (χ2v) is 5.41. The molecular weight excluding hydrogens is 318 g/mol. The summed E-state index contributed by atoms with van der Waals surface area (Å²) in [5, 5.41) is 9.81. The highest BCUT2D eigenvalue weighted by molar-refractivity contribution is 5.92. The zero-order valence-corrected chi connectivity index (χ0v) is 13.8. The molecule has 0 aromatic heterocycles. The fraction of sp³-hybridized carbons (Fsp3) is 0.150. The minimum absolute atomic E-state index is 0.0442. The van der Waals surface area contributed by atoms with Crippen LogP contribution >= 0.6 is 0 Å². The van der Waals surface area contributed by atoms with Gasteiger partial charge in [0.15, 0.2) is 6.04 Å². The second-order valence-electron chi connectivity index (χ2n) is 5.41. The Hall–Kier alpha value is -3.21. The fourth-order valence-corrected chi connectivity index (χ4v) is 2.01. The lowest BCUT2D eigenvalue weighted by molar-refractivity contribution is -0.162. The Morgan fingerprint density at radius 2 is 1.72 bits per heavy atom. The maximum Gasteiger partial charge on any atom is 0.343 e. The summed E-state index contributed by atoms with van der Waals surface area (Å²) in [5.41, 5.74) is 1.04. The summed E-state index contributed by atoms with van der Waals surface area (Å²) in [6.07, 6.45) is 2.79. The zero-order chi connectivity index (χ0) is 18.2. The minimum Gasteiger partial charge on any atom is -0.507 e. The Kier molecular flexibility index (Phi) is 6.23. The van der Waals surface area contributed by atoms with Crippen molar-refractivity contribution in [2.45, 2.75) is 13.0 Å². The van der Waals surface area contributed by atoms with Crippen LogP contribution in [0.1, 0.15) is 24.1 Å². The Bertz CT molecular complexity index is 783. The fourth-order valence-electron chi connectivity index (χ4n) is 2.01. The van der Waals surface area contributed by atoms with Gasteiger partial charge in [0.25, 0.3) is 0 Å². The molecule has 0 aliphatic heterocycles. The summed E-state index contributed by atoms with van der Waals surface area (Å²) in [7, 11) is 0. The summed E-state index contributed by atoms with van der Waals surface area (Å²) in [6, 6.07) is 14.4. The number of para-hydroxylation sites is 1. The van der Waals surface area contributed by atoms with Crippen molar-refractivity contribution in [3.05, 3.63) is 78.4 Å². The average Bonchev–Trinajstić information content (AvgIpc) is 2.63. The van der Waals surface area contributed by atoms with Crippen LogP contribution in [0.5, 0.6) is 5.75 Å². The number of rotatable bonds is 6. The summed E-state index contributed by atoms with van der Waals surface area (Å²) < 4.78 is 4.91. The molecule has 0 radical (unpaired) electrons. The van der Waals surface area contributed by atoms with Gasteiger partial charge < -0.3 is 9.84 Å². The number of phenols is 1. The molecular formula is C20H19NO4. The standard InChI is InChI=1S/C20H19NO4/c1-3-14(2)19(23)25-20(24)18(15-9-5-4-6-10-15)21-13-16-11-7-8-12-17(16)22/h3-14,18,22H,1H2,2H3. The van der Waals surface area contributed by atoms with Gasteiger partial charge in [0.2, 0.25) is 0 Å². The monoisotopic (exact) mass is 337 g/mol. The Morgan fingerprint density at radius 1 is 1.08 bits per heavy atom. The van der Waals surface area contributed by atoms with Gasteiger partial charge in [-0.1, -0.05) is 48.5 Å². The SMILES string of the molecule is C=CC(C)C(=O)OC(=O)C(N=Cc1ccccc1O)c1ccccc1. The van der Waals surface area contributed by atoms with E-state index in [0.29, 0.717) is 11.1 Å². The number of hydrogen-bond donors (Lipinski definition) is 1. The molecule has 2 atom stereocenters. The van der Waals surface area contributed by atoms with Gasteiger partial charge in [-0.3, -0.25) is 9.79 Å². The number of hydrogen-bond acceptors (Lipinski definition) is 5. The molecule has 1 N–H and O–H groups in total. The van der Waals surface area contributed by atoms with Gasteiger partial charge in [-0.25, -0.2) is 4.79 Å². The lowest BCUT2D eigenvalue weighted by Gasteiger charge is -2.13. The van der Waals surface area contributed by atoms with Crippen LogP contribution in [0.15, 0.2) is 72.2 Å². The van der Waals surface area contributed by atoms with Crippen molar-refractivity contribution < 1.29 is 19.4 Å². The van der Waals surface area contributed by atoms with Gasteiger partial charge in [-0.05, 0) is 24.6 Å². The van der Waals surface area contributed by atoms with E-state index in [1.54, 1.807) is 49.4 Å². The molecule has 0 heterocycles. The van der Waals surface area contributed by atoms with Crippen LogP contribution in [0.2, 0.25) is 0 Å². The van der Waals surface area contributed by atoms with Crippen molar-refractivity contribution in [3.63, 3.8) is 0 Å². The third-order valence-electron chi connectivity index (χ3n) is 3.56. The molecule has 25 heavy (non-hydrogen) atoms. The number of phenolic OH excluding ortho intramolecular Hbond substituents is 1. The van der Waals surface area contributed by atoms with Crippen LogP contribution in [0.25, 0.3) is 0 Å². The van der Waals surface area contributed by atoms with Crippen molar-refractivity contribution in [2.24, 2.45) is 10.9 Å². The average molecular weight is 337 g/mol. The maximum absolute atomic E-state index is 12.4. The highest BCUT2D eigenvalue weighted by atomic mass is 16.6. The summed E-state index contributed by atoms with van der Waals surface area (Å²) in [6.45, 7) is 5.10. The zero-order valence-electron chi connectivity index (χ0n) is 13.8. The number of benzene rings is 2. The molecule has 5 nitrogen and oxygen atoms in total. The number of carbonyl (C=O) groups excluding carboxylic acids is 2. The smallest absolute Gasteiger partial charge is 0.343 e. The first-order chi connectivity index (χ1) is 12.0. The Labute approximate surface area is 146 Å². The normalized spacial score (nSPS) is 13.2. The highest BCUT2D eigenvalue weighted by Crippen LogP contribution is 2.21. The second kappa shape index (κ2) is 8.59. The van der Waals surface area contributed by atoms with Crippen molar-refractivity contribution in [2.75, 3.05) is 0 Å². The van der Waals surface area contributed by atoms with Crippen molar-refractivity contribution in [1.82, 2.24) is 0 Å². The van der Waals surface area contributed by atoms with Crippen molar-refractivity contribution >= 4 is 18.2 Å². The van der Waals surface area contributed by atoms with Gasteiger partial charge in [0, 0.05) is 11.8 Å². The first kappa shape index (κ1) is 18.1. The number of carbonyl (C=O) groups is 2. The van der Waals surface area contributed by atoms with Gasteiger partial charge >= 0.3 is 11.9 Å². The van der Waals surface area contributed by atoms with Gasteiger partial charge in [0.05, 0.1) is 5.92 Å². The van der Waals surface area contributed by atoms with Crippen LogP contribution in [-0.4, -0.2) is 23.3 Å². The summed E-state index contributed by atoms with van der Waals surface area (Å²) >= 11 is 0. The molecule has 0 amide bonds. The van der Waals surface area contributed by atoms with E-state index in [4.69, 9.17) is 4.74 Å².